The lowest BCUT2D eigenvalue weighted by atomic mass is 9.71. The monoisotopic (exact) mass is 434 g/mol. The van der Waals surface area contributed by atoms with Crippen molar-refractivity contribution in [3.8, 4) is 0 Å². The number of carbonyl (C=O) groups is 2. The lowest BCUT2D eigenvalue weighted by molar-refractivity contribution is -0.143. The Morgan fingerprint density at radius 3 is 2.00 bits per heavy atom. The maximum atomic E-state index is 11.5. The van der Waals surface area contributed by atoms with Gasteiger partial charge in [-0.15, -0.1) is 24.0 Å². The molecule has 2 saturated heterocycles. The average Bonchev–Trinajstić information content (AvgIpc) is 3.17. The van der Waals surface area contributed by atoms with Crippen molar-refractivity contribution in [2.45, 2.75) is 34.1 Å². The van der Waals surface area contributed by atoms with E-state index in [1.807, 2.05) is 13.8 Å². The van der Waals surface area contributed by atoms with Crippen molar-refractivity contribution >= 4 is 35.9 Å². The number of ether oxygens (including phenoxy) is 2. The molecule has 4 aliphatic rings. The van der Waals surface area contributed by atoms with Crippen molar-refractivity contribution in [1.82, 2.24) is 0 Å². The van der Waals surface area contributed by atoms with Gasteiger partial charge in [0.25, 0.3) is 0 Å². The van der Waals surface area contributed by atoms with Gasteiger partial charge in [0, 0.05) is 11.8 Å². The summed E-state index contributed by atoms with van der Waals surface area (Å²) in [5, 5.41) is 0. The molecule has 2 aliphatic carbocycles. The van der Waals surface area contributed by atoms with Gasteiger partial charge in [-0.3, -0.25) is 9.59 Å². The summed E-state index contributed by atoms with van der Waals surface area (Å²) in [7, 11) is 0. The lowest BCUT2D eigenvalue weighted by Crippen LogP contribution is -2.32. The summed E-state index contributed by atoms with van der Waals surface area (Å²) in [5.74, 6) is 4.54. The minimum atomic E-state index is -0.146. The van der Waals surface area contributed by atoms with Crippen molar-refractivity contribution in [1.29, 1.82) is 0 Å². The first-order valence-electron chi connectivity index (χ1n) is 8.40. The number of hydrogen-bond acceptors (Lipinski definition) is 4. The molecule has 0 N–H and O–H groups in total. The normalized spacial score (nSPS) is 46.5. The topological polar surface area (TPSA) is 52.6 Å². The fraction of sp³-hybridized carbons (Fsp3) is 0.778. The van der Waals surface area contributed by atoms with E-state index in [2.05, 4.69) is 20.4 Å². The molecule has 0 amide bonds. The molecule has 5 heteroatoms. The van der Waals surface area contributed by atoms with E-state index in [9.17, 15) is 9.59 Å². The zero-order valence-corrected chi connectivity index (χ0v) is 16.6. The van der Waals surface area contributed by atoms with E-state index >= 15 is 0 Å². The Bertz CT molecular complexity index is 499. The average molecular weight is 434 g/mol. The number of esters is 2. The van der Waals surface area contributed by atoms with E-state index in [0.29, 0.717) is 24.2 Å². The number of cyclic esters (lactones) is 2. The SMILES string of the molecule is C=C1OC(=O)C(C)C1C.CC1C(C)C2CC1C1COC(=O)C21.I. The van der Waals surface area contributed by atoms with Gasteiger partial charge in [0.1, 0.15) is 5.76 Å². The Labute approximate surface area is 155 Å². The Balaban J connectivity index is 0.000000171. The highest BCUT2D eigenvalue weighted by Gasteiger charge is 2.60. The Morgan fingerprint density at radius 1 is 0.913 bits per heavy atom. The maximum Gasteiger partial charge on any atom is 0.314 e. The highest BCUT2D eigenvalue weighted by atomic mass is 127. The number of allylic oxidation sites excluding steroid dienone is 1. The van der Waals surface area contributed by atoms with E-state index in [1.165, 1.54) is 6.42 Å². The molecule has 0 spiro atoms. The predicted octanol–water partition coefficient (Wildman–Crippen LogP) is 3.64. The molecule has 2 saturated carbocycles. The van der Waals surface area contributed by atoms with Crippen LogP contribution in [0.1, 0.15) is 34.1 Å². The van der Waals surface area contributed by atoms with Crippen molar-refractivity contribution in [2.75, 3.05) is 6.61 Å². The zero-order chi connectivity index (χ0) is 16.2. The van der Waals surface area contributed by atoms with E-state index in [-0.39, 0.29) is 53.7 Å². The van der Waals surface area contributed by atoms with Crippen LogP contribution in [-0.4, -0.2) is 18.5 Å². The second-order valence-electron chi connectivity index (χ2n) is 7.57. The number of rotatable bonds is 0. The molecule has 2 heterocycles. The molecule has 0 aromatic heterocycles. The molecule has 0 aromatic rings. The van der Waals surface area contributed by atoms with Crippen molar-refractivity contribution < 1.29 is 19.1 Å². The fourth-order valence-corrected chi connectivity index (χ4v) is 4.80. The van der Waals surface area contributed by atoms with E-state index < -0.39 is 0 Å². The highest BCUT2D eigenvalue weighted by molar-refractivity contribution is 14.0. The molecule has 8 unspecified atom stereocenters. The van der Waals surface area contributed by atoms with Crippen LogP contribution in [0.2, 0.25) is 0 Å². The molecule has 4 rings (SSSR count). The summed E-state index contributed by atoms with van der Waals surface area (Å²) in [6.07, 6.45) is 1.28. The predicted molar refractivity (Wildman–Crippen MR) is 96.8 cm³/mol. The third kappa shape index (κ3) is 2.94. The van der Waals surface area contributed by atoms with Crippen molar-refractivity contribution in [3.63, 3.8) is 0 Å². The molecular weight excluding hydrogens is 407 g/mol. The number of halogens is 1. The second-order valence-corrected chi connectivity index (χ2v) is 7.57. The van der Waals surface area contributed by atoms with Gasteiger partial charge in [0.05, 0.1) is 18.4 Å². The van der Waals surface area contributed by atoms with E-state index in [4.69, 9.17) is 9.47 Å². The number of fused-ring (bicyclic) bond motifs is 5. The third-order valence-corrected chi connectivity index (χ3v) is 6.75. The summed E-state index contributed by atoms with van der Waals surface area (Å²) >= 11 is 0. The largest absolute Gasteiger partial charge is 0.465 e. The van der Waals surface area contributed by atoms with Gasteiger partial charge in [-0.25, -0.2) is 0 Å². The van der Waals surface area contributed by atoms with Crippen molar-refractivity contribution in [2.24, 2.45) is 47.3 Å². The van der Waals surface area contributed by atoms with Gasteiger partial charge in [-0.1, -0.05) is 34.3 Å². The van der Waals surface area contributed by atoms with Gasteiger partial charge in [-0.2, -0.15) is 0 Å². The molecule has 4 fully saturated rings. The standard InChI is InChI=1S/C11H16O2.C7H10O2.HI/c1-5-6(2)8-3-7(5)9-4-13-11(12)10(8)9;1-4-5(2)7(8)9-6(4)3;/h5-10H,3-4H2,1-2H3;4-5H,3H2,1-2H3;1H. The van der Waals surface area contributed by atoms with Crippen LogP contribution in [-0.2, 0) is 19.1 Å². The number of hydrogen-bond donors (Lipinski definition) is 0. The van der Waals surface area contributed by atoms with E-state index in [1.54, 1.807) is 0 Å². The van der Waals surface area contributed by atoms with Gasteiger partial charge < -0.3 is 9.47 Å². The van der Waals surface area contributed by atoms with Crippen LogP contribution in [0.25, 0.3) is 0 Å². The van der Waals surface area contributed by atoms with Gasteiger partial charge in [0.2, 0.25) is 0 Å². The van der Waals surface area contributed by atoms with E-state index in [0.717, 1.165) is 17.8 Å². The number of carbonyl (C=O) groups excluding carboxylic acids is 2. The molecule has 130 valence electrons. The summed E-state index contributed by atoms with van der Waals surface area (Å²) in [6, 6.07) is 0. The summed E-state index contributed by atoms with van der Waals surface area (Å²) in [6.45, 7) is 12.7. The first-order valence-corrected chi connectivity index (χ1v) is 8.40. The molecular formula is C18H27IO4. The Hall–Kier alpha value is -0.590. The molecule has 2 aliphatic heterocycles. The summed E-state index contributed by atoms with van der Waals surface area (Å²) in [4.78, 5) is 22.2. The maximum absolute atomic E-state index is 11.5. The molecule has 2 bridgehead atoms. The van der Waals surface area contributed by atoms with Crippen LogP contribution in [0.5, 0.6) is 0 Å². The summed E-state index contributed by atoms with van der Waals surface area (Å²) < 4.78 is 9.91. The van der Waals surface area contributed by atoms with Crippen LogP contribution < -0.4 is 0 Å². The minimum Gasteiger partial charge on any atom is -0.465 e. The Morgan fingerprint density at radius 2 is 1.52 bits per heavy atom. The van der Waals surface area contributed by atoms with Crippen LogP contribution >= 0.6 is 24.0 Å². The van der Waals surface area contributed by atoms with Crippen LogP contribution in [0.15, 0.2) is 12.3 Å². The Kier molecular flexibility index (Phi) is 5.48. The van der Waals surface area contributed by atoms with Crippen LogP contribution in [0.3, 0.4) is 0 Å². The molecule has 8 atom stereocenters. The minimum absolute atomic E-state index is 0. The zero-order valence-electron chi connectivity index (χ0n) is 14.3. The van der Waals surface area contributed by atoms with Gasteiger partial charge >= 0.3 is 11.9 Å². The van der Waals surface area contributed by atoms with Gasteiger partial charge in [-0.05, 0) is 30.1 Å². The quantitative estimate of drug-likeness (QED) is 0.432. The molecule has 4 nitrogen and oxygen atoms in total. The molecule has 0 aromatic carbocycles. The first-order chi connectivity index (χ1) is 10.3. The van der Waals surface area contributed by atoms with Crippen molar-refractivity contribution in [3.05, 3.63) is 12.3 Å². The smallest absolute Gasteiger partial charge is 0.314 e. The molecule has 23 heavy (non-hydrogen) atoms. The fourth-order valence-electron chi connectivity index (χ4n) is 4.80. The lowest BCUT2D eigenvalue weighted by Gasteiger charge is -2.31. The molecule has 0 radical (unpaired) electrons. The second kappa shape index (κ2) is 6.73. The van der Waals surface area contributed by atoms with Crippen LogP contribution in [0.4, 0.5) is 0 Å². The first kappa shape index (κ1) is 18.7. The summed E-state index contributed by atoms with van der Waals surface area (Å²) in [5.41, 5.74) is 0. The van der Waals surface area contributed by atoms with Crippen LogP contribution in [0, 0.1) is 47.3 Å². The van der Waals surface area contributed by atoms with Gasteiger partial charge in [0.15, 0.2) is 0 Å². The third-order valence-electron chi connectivity index (χ3n) is 6.75. The highest BCUT2D eigenvalue weighted by Crippen LogP contribution is 2.60.